The molecule has 0 saturated heterocycles. The van der Waals surface area contributed by atoms with Gasteiger partial charge in [-0.2, -0.15) is 0 Å². The molecular weight excluding hydrogens is 275 g/mol. The van der Waals surface area contributed by atoms with Crippen molar-refractivity contribution in [3.05, 3.63) is 65.0 Å². The van der Waals surface area contributed by atoms with Gasteiger partial charge in [-0.1, -0.05) is 12.1 Å². The lowest BCUT2D eigenvalue weighted by Gasteiger charge is -2.13. The molecule has 0 aliphatic carbocycles. The molecule has 21 heavy (non-hydrogen) atoms. The Balaban J connectivity index is 2.12. The third kappa shape index (κ3) is 3.79. The van der Waals surface area contributed by atoms with Crippen molar-refractivity contribution in [2.75, 3.05) is 0 Å². The SMILES string of the molecule is C[C@@H](O)c1ccc(F)cc1OCc1ccc(C(=O)O)cc1. The average Bonchev–Trinajstić information content (AvgIpc) is 2.45. The number of carboxylic acids is 1. The Bertz CT molecular complexity index is 635. The number of benzene rings is 2. The molecule has 0 heterocycles. The molecule has 2 aromatic carbocycles. The number of aliphatic hydroxyl groups excluding tert-OH is 1. The van der Waals surface area contributed by atoms with E-state index in [1.165, 1.54) is 30.3 Å². The summed E-state index contributed by atoms with van der Waals surface area (Å²) in [5.74, 6) is -1.17. The number of carboxylic acid groups (broad SMARTS) is 1. The summed E-state index contributed by atoms with van der Waals surface area (Å²) < 4.78 is 18.8. The highest BCUT2D eigenvalue weighted by molar-refractivity contribution is 5.87. The smallest absolute Gasteiger partial charge is 0.335 e. The van der Waals surface area contributed by atoms with Crippen molar-refractivity contribution in [3.63, 3.8) is 0 Å². The molecule has 0 aromatic heterocycles. The van der Waals surface area contributed by atoms with Gasteiger partial charge < -0.3 is 14.9 Å². The molecule has 4 nitrogen and oxygen atoms in total. The molecule has 0 saturated carbocycles. The molecule has 0 aliphatic rings. The minimum atomic E-state index is -0.996. The monoisotopic (exact) mass is 290 g/mol. The van der Waals surface area contributed by atoms with Gasteiger partial charge in [-0.25, -0.2) is 9.18 Å². The summed E-state index contributed by atoms with van der Waals surface area (Å²) in [5.41, 5.74) is 1.44. The Morgan fingerprint density at radius 3 is 2.48 bits per heavy atom. The number of halogens is 1. The Morgan fingerprint density at radius 1 is 1.24 bits per heavy atom. The van der Waals surface area contributed by atoms with Crippen LogP contribution in [0.2, 0.25) is 0 Å². The first-order chi connectivity index (χ1) is 9.97. The molecular formula is C16H15FO4. The minimum Gasteiger partial charge on any atom is -0.488 e. The third-order valence-corrected chi connectivity index (χ3v) is 3.02. The van der Waals surface area contributed by atoms with Crippen molar-refractivity contribution in [1.29, 1.82) is 0 Å². The number of hydrogen-bond donors (Lipinski definition) is 2. The second-order valence-corrected chi connectivity index (χ2v) is 4.65. The van der Waals surface area contributed by atoms with Gasteiger partial charge in [-0.15, -0.1) is 0 Å². The van der Waals surface area contributed by atoms with Crippen molar-refractivity contribution >= 4 is 5.97 Å². The maximum absolute atomic E-state index is 13.3. The summed E-state index contributed by atoms with van der Waals surface area (Å²) in [5, 5.41) is 18.4. The summed E-state index contributed by atoms with van der Waals surface area (Å²) in [7, 11) is 0. The molecule has 2 rings (SSSR count). The molecule has 0 fully saturated rings. The minimum absolute atomic E-state index is 0.156. The summed E-state index contributed by atoms with van der Waals surface area (Å²) in [6.07, 6.45) is -0.769. The summed E-state index contributed by atoms with van der Waals surface area (Å²) >= 11 is 0. The zero-order chi connectivity index (χ0) is 15.4. The van der Waals surface area contributed by atoms with Crippen molar-refractivity contribution in [3.8, 4) is 5.75 Å². The molecule has 0 bridgehead atoms. The highest BCUT2D eigenvalue weighted by Gasteiger charge is 2.11. The summed E-state index contributed by atoms with van der Waals surface area (Å²) in [4.78, 5) is 10.7. The highest BCUT2D eigenvalue weighted by Crippen LogP contribution is 2.26. The Hall–Kier alpha value is -2.40. The molecule has 2 aromatic rings. The Morgan fingerprint density at radius 2 is 1.90 bits per heavy atom. The second-order valence-electron chi connectivity index (χ2n) is 4.65. The molecule has 0 unspecified atom stereocenters. The quantitative estimate of drug-likeness (QED) is 0.887. The van der Waals surface area contributed by atoms with Crippen LogP contribution < -0.4 is 4.74 Å². The van der Waals surface area contributed by atoms with Gasteiger partial charge in [-0.05, 0) is 36.8 Å². The second kappa shape index (κ2) is 6.37. The molecule has 0 spiro atoms. The number of aromatic carboxylic acids is 1. The number of ether oxygens (including phenoxy) is 1. The predicted octanol–water partition coefficient (Wildman–Crippen LogP) is 3.16. The van der Waals surface area contributed by atoms with Gasteiger partial charge in [0, 0.05) is 11.6 Å². The van der Waals surface area contributed by atoms with E-state index in [4.69, 9.17) is 9.84 Å². The maximum Gasteiger partial charge on any atom is 0.335 e. The van der Waals surface area contributed by atoms with Crippen LogP contribution in [0.4, 0.5) is 4.39 Å². The van der Waals surface area contributed by atoms with Gasteiger partial charge >= 0.3 is 5.97 Å². The lowest BCUT2D eigenvalue weighted by atomic mass is 10.1. The van der Waals surface area contributed by atoms with Crippen LogP contribution in [0.1, 0.15) is 34.5 Å². The van der Waals surface area contributed by atoms with Gasteiger partial charge in [0.25, 0.3) is 0 Å². The molecule has 0 radical (unpaired) electrons. The van der Waals surface area contributed by atoms with Gasteiger partial charge in [-0.3, -0.25) is 0 Å². The van der Waals surface area contributed by atoms with Crippen molar-refractivity contribution in [2.24, 2.45) is 0 Å². The first kappa shape index (κ1) is 15.0. The van der Waals surface area contributed by atoms with Gasteiger partial charge in [0.15, 0.2) is 0 Å². The molecule has 0 aliphatic heterocycles. The van der Waals surface area contributed by atoms with E-state index in [0.717, 1.165) is 5.56 Å². The lowest BCUT2D eigenvalue weighted by Crippen LogP contribution is -2.02. The van der Waals surface area contributed by atoms with Crippen LogP contribution in [0, 0.1) is 5.82 Å². The number of carbonyl (C=O) groups is 1. The van der Waals surface area contributed by atoms with Crippen LogP contribution in [-0.2, 0) is 6.61 Å². The van der Waals surface area contributed by atoms with Gasteiger partial charge in [0.2, 0.25) is 0 Å². The Labute approximate surface area is 121 Å². The Kier molecular flexibility index (Phi) is 4.55. The van der Waals surface area contributed by atoms with E-state index >= 15 is 0 Å². The van der Waals surface area contributed by atoms with Crippen molar-refractivity contribution in [2.45, 2.75) is 19.6 Å². The fraction of sp³-hybridized carbons (Fsp3) is 0.188. The molecule has 0 amide bonds. The van der Waals surface area contributed by atoms with E-state index in [0.29, 0.717) is 5.56 Å². The predicted molar refractivity (Wildman–Crippen MR) is 74.8 cm³/mol. The van der Waals surface area contributed by atoms with E-state index in [1.54, 1.807) is 19.1 Å². The zero-order valence-electron chi connectivity index (χ0n) is 11.4. The third-order valence-electron chi connectivity index (χ3n) is 3.02. The fourth-order valence-corrected chi connectivity index (χ4v) is 1.88. The lowest BCUT2D eigenvalue weighted by molar-refractivity contribution is 0.0697. The number of aliphatic hydroxyl groups is 1. The first-order valence-electron chi connectivity index (χ1n) is 6.40. The number of hydrogen-bond acceptors (Lipinski definition) is 3. The highest BCUT2D eigenvalue weighted by atomic mass is 19.1. The number of rotatable bonds is 5. The van der Waals surface area contributed by atoms with Crippen LogP contribution in [-0.4, -0.2) is 16.2 Å². The summed E-state index contributed by atoms with van der Waals surface area (Å²) in [6, 6.07) is 10.2. The van der Waals surface area contributed by atoms with Gasteiger partial charge in [0.05, 0.1) is 11.7 Å². The van der Waals surface area contributed by atoms with E-state index in [2.05, 4.69) is 0 Å². The fourth-order valence-electron chi connectivity index (χ4n) is 1.88. The van der Waals surface area contributed by atoms with Crippen LogP contribution in [0.25, 0.3) is 0 Å². The topological polar surface area (TPSA) is 66.8 Å². The molecule has 5 heteroatoms. The van der Waals surface area contributed by atoms with Crippen LogP contribution >= 0.6 is 0 Å². The maximum atomic E-state index is 13.3. The van der Waals surface area contributed by atoms with Crippen LogP contribution in [0.5, 0.6) is 5.75 Å². The van der Waals surface area contributed by atoms with E-state index in [9.17, 15) is 14.3 Å². The standard InChI is InChI=1S/C16H15FO4/c1-10(18)14-7-6-13(17)8-15(14)21-9-11-2-4-12(5-3-11)16(19)20/h2-8,10,18H,9H2,1H3,(H,19,20)/t10-/m1/s1. The van der Waals surface area contributed by atoms with E-state index in [-0.39, 0.29) is 17.9 Å². The molecule has 1 atom stereocenters. The van der Waals surface area contributed by atoms with Gasteiger partial charge in [0.1, 0.15) is 18.2 Å². The van der Waals surface area contributed by atoms with E-state index < -0.39 is 17.9 Å². The largest absolute Gasteiger partial charge is 0.488 e. The van der Waals surface area contributed by atoms with Crippen molar-refractivity contribution < 1.29 is 24.1 Å². The molecule has 2 N–H and O–H groups in total. The average molecular weight is 290 g/mol. The van der Waals surface area contributed by atoms with Crippen LogP contribution in [0.15, 0.2) is 42.5 Å². The molecule has 110 valence electrons. The normalized spacial score (nSPS) is 12.0. The van der Waals surface area contributed by atoms with Crippen molar-refractivity contribution in [1.82, 2.24) is 0 Å². The van der Waals surface area contributed by atoms with E-state index in [1.807, 2.05) is 0 Å². The summed E-state index contributed by atoms with van der Waals surface area (Å²) in [6.45, 7) is 1.73. The zero-order valence-corrected chi connectivity index (χ0v) is 11.4. The first-order valence-corrected chi connectivity index (χ1v) is 6.40. The van der Waals surface area contributed by atoms with Crippen LogP contribution in [0.3, 0.4) is 0 Å².